The summed E-state index contributed by atoms with van der Waals surface area (Å²) in [6.45, 7) is 1.76. The Labute approximate surface area is 87.4 Å². The van der Waals surface area contributed by atoms with Gasteiger partial charge in [-0.2, -0.15) is 0 Å². The highest BCUT2D eigenvalue weighted by Gasteiger charge is 2.06. The maximum Gasteiger partial charge on any atom is 0.235 e. The van der Waals surface area contributed by atoms with E-state index in [-0.39, 0.29) is 5.78 Å². The topological polar surface area (TPSA) is 60.2 Å². The van der Waals surface area contributed by atoms with Crippen LogP contribution in [-0.4, -0.2) is 10.7 Å². The third-order valence-corrected chi connectivity index (χ3v) is 1.96. The summed E-state index contributed by atoms with van der Waals surface area (Å²) in [4.78, 5) is 21.1. The molecule has 0 unspecified atom stereocenters. The summed E-state index contributed by atoms with van der Waals surface area (Å²) in [6, 6.07) is 6.84. The van der Waals surface area contributed by atoms with Crippen LogP contribution in [0.1, 0.15) is 29.3 Å². The molecule has 0 amide bonds. The summed E-state index contributed by atoms with van der Waals surface area (Å²) in [6.07, 6.45) is 2.56. The highest BCUT2D eigenvalue weighted by atomic mass is 16.6. The van der Waals surface area contributed by atoms with E-state index >= 15 is 0 Å². The zero-order valence-electron chi connectivity index (χ0n) is 8.34. The van der Waals surface area contributed by atoms with Crippen molar-refractivity contribution in [1.29, 1.82) is 0 Å². The van der Waals surface area contributed by atoms with Crippen molar-refractivity contribution in [3.8, 4) is 0 Å². The van der Waals surface area contributed by atoms with Gasteiger partial charge in [-0.1, -0.05) is 31.2 Å². The summed E-state index contributed by atoms with van der Waals surface area (Å²) < 4.78 is 0. The lowest BCUT2D eigenvalue weighted by molar-refractivity contribution is -0.400. The van der Waals surface area contributed by atoms with Gasteiger partial charge in [0.05, 0.1) is 4.92 Å². The van der Waals surface area contributed by atoms with Crippen LogP contribution in [0.25, 0.3) is 6.08 Å². The van der Waals surface area contributed by atoms with E-state index in [1.54, 1.807) is 31.2 Å². The number of nitro groups is 1. The molecule has 0 spiro atoms. The van der Waals surface area contributed by atoms with E-state index in [4.69, 9.17) is 0 Å². The molecule has 15 heavy (non-hydrogen) atoms. The lowest BCUT2D eigenvalue weighted by Gasteiger charge is -2.01. The van der Waals surface area contributed by atoms with Crippen molar-refractivity contribution >= 4 is 11.9 Å². The number of ketones is 1. The summed E-state index contributed by atoms with van der Waals surface area (Å²) >= 11 is 0. The molecule has 1 aromatic rings. The number of Topliss-reactive ketones (excluding diaryl/α,β-unsaturated/α-hetero) is 1. The maximum absolute atomic E-state index is 11.5. The van der Waals surface area contributed by atoms with Crippen LogP contribution in [0.4, 0.5) is 0 Å². The Balaban J connectivity index is 3.06. The molecule has 0 aliphatic rings. The molecule has 78 valence electrons. The Morgan fingerprint density at radius 1 is 1.47 bits per heavy atom. The van der Waals surface area contributed by atoms with Gasteiger partial charge in [-0.3, -0.25) is 14.9 Å². The first-order chi connectivity index (χ1) is 7.15. The number of nitrogens with zero attached hydrogens (tertiary/aromatic N) is 1. The monoisotopic (exact) mass is 205 g/mol. The molecule has 4 nitrogen and oxygen atoms in total. The van der Waals surface area contributed by atoms with Crippen molar-refractivity contribution in [2.75, 3.05) is 0 Å². The molecule has 0 fully saturated rings. The summed E-state index contributed by atoms with van der Waals surface area (Å²) in [5.74, 6) is -0.0152. The number of benzene rings is 1. The van der Waals surface area contributed by atoms with Crippen LogP contribution in [-0.2, 0) is 0 Å². The Kier molecular flexibility index (Phi) is 3.74. The molecule has 0 bridgehead atoms. The summed E-state index contributed by atoms with van der Waals surface area (Å²) in [7, 11) is 0. The molecular formula is C11H11NO3. The fourth-order valence-electron chi connectivity index (χ4n) is 1.23. The molecule has 0 radical (unpaired) electrons. The standard InChI is InChI=1S/C11H11NO3/c1-2-11(13)10-6-4-3-5-9(10)7-8-12(14)15/h3-8H,2H2,1H3/b8-7+. The molecule has 0 atom stereocenters. The minimum Gasteiger partial charge on any atom is -0.294 e. The Bertz CT molecular complexity index is 410. The lowest BCUT2D eigenvalue weighted by Crippen LogP contribution is -1.99. The fourth-order valence-corrected chi connectivity index (χ4v) is 1.23. The Hall–Kier alpha value is -1.97. The first-order valence-corrected chi connectivity index (χ1v) is 4.59. The van der Waals surface area contributed by atoms with Gasteiger partial charge in [0.1, 0.15) is 0 Å². The van der Waals surface area contributed by atoms with E-state index in [2.05, 4.69) is 0 Å². The molecule has 0 aliphatic carbocycles. The summed E-state index contributed by atoms with van der Waals surface area (Å²) in [5.41, 5.74) is 1.11. The molecule has 0 saturated heterocycles. The van der Waals surface area contributed by atoms with Crippen LogP contribution in [0.5, 0.6) is 0 Å². The highest BCUT2D eigenvalue weighted by Crippen LogP contribution is 2.12. The molecule has 0 heterocycles. The van der Waals surface area contributed by atoms with Crippen LogP contribution in [0, 0.1) is 10.1 Å². The molecular weight excluding hydrogens is 194 g/mol. The number of carbonyl (C=O) groups is 1. The number of hydrogen-bond donors (Lipinski definition) is 0. The van der Waals surface area contributed by atoms with E-state index in [1.807, 2.05) is 0 Å². The first kappa shape index (κ1) is 11.1. The third kappa shape index (κ3) is 3.02. The number of rotatable bonds is 4. The molecule has 1 rings (SSSR count). The highest BCUT2D eigenvalue weighted by molar-refractivity contribution is 5.99. The van der Waals surface area contributed by atoms with E-state index in [0.29, 0.717) is 17.5 Å². The van der Waals surface area contributed by atoms with Gasteiger partial charge in [0.15, 0.2) is 5.78 Å². The van der Waals surface area contributed by atoms with Gasteiger partial charge in [0.2, 0.25) is 6.20 Å². The zero-order valence-corrected chi connectivity index (χ0v) is 8.34. The quantitative estimate of drug-likeness (QED) is 0.431. The normalized spacial score (nSPS) is 10.5. The second-order valence-corrected chi connectivity index (χ2v) is 2.97. The fraction of sp³-hybridized carbons (Fsp3) is 0.182. The molecule has 0 aromatic heterocycles. The van der Waals surface area contributed by atoms with Crippen molar-refractivity contribution < 1.29 is 9.72 Å². The van der Waals surface area contributed by atoms with Gasteiger partial charge in [0, 0.05) is 18.1 Å². The molecule has 0 N–H and O–H groups in total. The van der Waals surface area contributed by atoms with Gasteiger partial charge in [-0.05, 0) is 5.56 Å². The minimum atomic E-state index is -0.548. The number of carbonyl (C=O) groups excluding carboxylic acids is 1. The zero-order chi connectivity index (χ0) is 11.3. The van der Waals surface area contributed by atoms with Crippen LogP contribution < -0.4 is 0 Å². The van der Waals surface area contributed by atoms with Gasteiger partial charge in [-0.25, -0.2) is 0 Å². The van der Waals surface area contributed by atoms with Gasteiger partial charge in [0.25, 0.3) is 0 Å². The lowest BCUT2D eigenvalue weighted by atomic mass is 10.0. The molecule has 1 aromatic carbocycles. The van der Waals surface area contributed by atoms with E-state index in [1.165, 1.54) is 6.08 Å². The van der Waals surface area contributed by atoms with Crippen molar-refractivity contribution in [2.45, 2.75) is 13.3 Å². The van der Waals surface area contributed by atoms with E-state index in [0.717, 1.165) is 6.20 Å². The van der Waals surface area contributed by atoms with Gasteiger partial charge in [-0.15, -0.1) is 0 Å². The van der Waals surface area contributed by atoms with Crippen molar-refractivity contribution in [3.05, 3.63) is 51.7 Å². The van der Waals surface area contributed by atoms with Crippen LogP contribution in [0.15, 0.2) is 30.5 Å². The smallest absolute Gasteiger partial charge is 0.235 e. The van der Waals surface area contributed by atoms with Crippen LogP contribution in [0.2, 0.25) is 0 Å². The van der Waals surface area contributed by atoms with Crippen LogP contribution in [0.3, 0.4) is 0 Å². The Morgan fingerprint density at radius 2 is 2.13 bits per heavy atom. The largest absolute Gasteiger partial charge is 0.294 e. The Morgan fingerprint density at radius 3 is 2.73 bits per heavy atom. The molecule has 4 heteroatoms. The van der Waals surface area contributed by atoms with Crippen molar-refractivity contribution in [1.82, 2.24) is 0 Å². The second-order valence-electron chi connectivity index (χ2n) is 2.97. The minimum absolute atomic E-state index is 0.0152. The second kappa shape index (κ2) is 5.05. The number of hydrogen-bond acceptors (Lipinski definition) is 3. The van der Waals surface area contributed by atoms with E-state index < -0.39 is 4.92 Å². The molecule has 0 aliphatic heterocycles. The van der Waals surface area contributed by atoms with E-state index in [9.17, 15) is 14.9 Å². The van der Waals surface area contributed by atoms with Gasteiger partial charge >= 0.3 is 0 Å². The average Bonchev–Trinajstić information content (AvgIpc) is 2.25. The average molecular weight is 205 g/mol. The third-order valence-electron chi connectivity index (χ3n) is 1.96. The summed E-state index contributed by atoms with van der Waals surface area (Å²) in [5, 5.41) is 10.2. The maximum atomic E-state index is 11.5. The first-order valence-electron chi connectivity index (χ1n) is 4.59. The van der Waals surface area contributed by atoms with Gasteiger partial charge < -0.3 is 0 Å². The molecule has 0 saturated carbocycles. The predicted octanol–water partition coefficient (Wildman–Crippen LogP) is 2.53. The SMILES string of the molecule is CCC(=O)c1ccccc1/C=C/[N+](=O)[O-]. The van der Waals surface area contributed by atoms with Crippen molar-refractivity contribution in [3.63, 3.8) is 0 Å². The van der Waals surface area contributed by atoms with Crippen LogP contribution >= 0.6 is 0 Å². The predicted molar refractivity (Wildman–Crippen MR) is 57.1 cm³/mol. The van der Waals surface area contributed by atoms with Crippen molar-refractivity contribution in [2.24, 2.45) is 0 Å².